The van der Waals surface area contributed by atoms with Crippen molar-refractivity contribution in [2.24, 2.45) is 0 Å². The van der Waals surface area contributed by atoms with E-state index in [1.807, 2.05) is 11.8 Å². The molecule has 0 aromatic carbocycles. The fourth-order valence-electron chi connectivity index (χ4n) is 3.86. The average Bonchev–Trinajstić information content (AvgIpc) is 3.22. The number of carbonyl (C=O) groups excluding carboxylic acids is 2. The first-order chi connectivity index (χ1) is 12.7. The fraction of sp³-hybridized carbons (Fsp3) is 0.684. The highest BCUT2D eigenvalue weighted by atomic mass is 16.5. The first-order valence-electron chi connectivity index (χ1n) is 9.74. The largest absolute Gasteiger partial charge is 0.451 e. The van der Waals surface area contributed by atoms with Crippen LogP contribution < -0.4 is 4.90 Å². The quantitative estimate of drug-likeness (QED) is 0.725. The van der Waals surface area contributed by atoms with Crippen LogP contribution in [0.15, 0.2) is 12.1 Å². The van der Waals surface area contributed by atoms with Gasteiger partial charge in [0.1, 0.15) is 0 Å². The van der Waals surface area contributed by atoms with Gasteiger partial charge in [0.15, 0.2) is 18.1 Å². The number of likely N-dealkylation sites (N-methyl/N-ethyl adjacent to an activating group) is 1. The summed E-state index contributed by atoms with van der Waals surface area (Å²) >= 11 is 0. The second-order valence-corrected chi connectivity index (χ2v) is 7.02. The van der Waals surface area contributed by atoms with Gasteiger partial charge in [0, 0.05) is 25.7 Å². The normalized spacial score (nSPS) is 18.0. The summed E-state index contributed by atoms with van der Waals surface area (Å²) in [6.07, 6.45) is 7.95. The average molecular weight is 360 g/mol. The maximum Gasteiger partial charge on any atom is 0.359 e. The first-order valence-corrected chi connectivity index (χ1v) is 9.74. The van der Waals surface area contributed by atoms with E-state index < -0.39 is 5.97 Å². The Morgan fingerprint density at radius 3 is 2.46 bits per heavy atom. The van der Waals surface area contributed by atoms with Crippen molar-refractivity contribution in [3.63, 3.8) is 0 Å². The molecule has 3 rings (SSSR count). The lowest BCUT2D eigenvalue weighted by Gasteiger charge is -2.33. The zero-order chi connectivity index (χ0) is 18.4. The maximum absolute atomic E-state index is 12.4. The number of aromatic nitrogens is 2. The van der Waals surface area contributed by atoms with Gasteiger partial charge in [0.2, 0.25) is 0 Å². The lowest BCUT2D eigenvalue weighted by molar-refractivity contribution is -0.137. The molecule has 0 radical (unpaired) electrons. The highest BCUT2D eigenvalue weighted by Gasteiger charge is 2.25. The molecule has 1 aromatic heterocycles. The highest BCUT2D eigenvalue weighted by molar-refractivity contribution is 5.89. The third-order valence-corrected chi connectivity index (χ3v) is 5.29. The Labute approximate surface area is 154 Å². The van der Waals surface area contributed by atoms with Crippen LogP contribution in [0.5, 0.6) is 0 Å². The van der Waals surface area contributed by atoms with Crippen LogP contribution in [0.2, 0.25) is 0 Å². The van der Waals surface area contributed by atoms with E-state index in [1.54, 1.807) is 12.1 Å². The molecule has 26 heavy (non-hydrogen) atoms. The van der Waals surface area contributed by atoms with Crippen LogP contribution in [0, 0.1) is 0 Å². The molecule has 0 unspecified atom stereocenters. The Kier molecular flexibility index (Phi) is 6.41. The Bertz CT molecular complexity index is 608. The van der Waals surface area contributed by atoms with Gasteiger partial charge in [0.25, 0.3) is 5.91 Å². The summed E-state index contributed by atoms with van der Waals surface area (Å²) in [5.74, 6) is 0.0532. The predicted octanol–water partition coefficient (Wildman–Crippen LogP) is 2.41. The number of hydrogen-bond acceptors (Lipinski definition) is 6. The van der Waals surface area contributed by atoms with Crippen molar-refractivity contribution < 1.29 is 14.3 Å². The van der Waals surface area contributed by atoms with E-state index in [1.165, 1.54) is 6.42 Å². The van der Waals surface area contributed by atoms with Crippen molar-refractivity contribution >= 4 is 17.7 Å². The van der Waals surface area contributed by atoms with Crippen LogP contribution in [0.3, 0.4) is 0 Å². The van der Waals surface area contributed by atoms with E-state index in [0.29, 0.717) is 6.54 Å². The van der Waals surface area contributed by atoms with Crippen molar-refractivity contribution in [2.75, 3.05) is 31.1 Å². The van der Waals surface area contributed by atoms with E-state index in [-0.39, 0.29) is 24.2 Å². The third kappa shape index (κ3) is 4.51. The Morgan fingerprint density at radius 2 is 1.85 bits per heavy atom. The van der Waals surface area contributed by atoms with Gasteiger partial charge in [0.05, 0.1) is 0 Å². The maximum atomic E-state index is 12.4. The number of amides is 1. The summed E-state index contributed by atoms with van der Waals surface area (Å²) in [7, 11) is 0. The monoisotopic (exact) mass is 360 g/mol. The lowest BCUT2D eigenvalue weighted by Crippen LogP contribution is -2.43. The molecule has 2 fully saturated rings. The summed E-state index contributed by atoms with van der Waals surface area (Å²) in [6.45, 7) is 4.32. The summed E-state index contributed by atoms with van der Waals surface area (Å²) in [5.41, 5.74) is 0.140. The molecule has 1 aliphatic carbocycles. The van der Waals surface area contributed by atoms with Crippen molar-refractivity contribution in [1.29, 1.82) is 0 Å². The van der Waals surface area contributed by atoms with Gasteiger partial charge in [-0.3, -0.25) is 4.79 Å². The lowest BCUT2D eigenvalue weighted by atomic mass is 9.94. The van der Waals surface area contributed by atoms with Crippen LogP contribution in [0.4, 0.5) is 5.82 Å². The summed E-state index contributed by atoms with van der Waals surface area (Å²) < 4.78 is 5.18. The topological polar surface area (TPSA) is 75.6 Å². The molecule has 1 amide bonds. The molecular weight excluding hydrogens is 332 g/mol. The smallest absolute Gasteiger partial charge is 0.359 e. The third-order valence-electron chi connectivity index (χ3n) is 5.29. The Morgan fingerprint density at radius 1 is 1.12 bits per heavy atom. The number of carbonyl (C=O) groups is 2. The number of anilines is 1. The minimum atomic E-state index is -0.599. The van der Waals surface area contributed by atoms with E-state index in [0.717, 1.165) is 57.4 Å². The molecule has 1 saturated heterocycles. The molecule has 1 saturated carbocycles. The van der Waals surface area contributed by atoms with Crippen LogP contribution >= 0.6 is 0 Å². The van der Waals surface area contributed by atoms with Crippen LogP contribution in [0.25, 0.3) is 0 Å². The SMILES string of the molecule is CCN(C(=O)COC(=O)c1ccc(N2CCCC2)nn1)C1CCCCC1. The highest BCUT2D eigenvalue weighted by Crippen LogP contribution is 2.22. The van der Waals surface area contributed by atoms with Gasteiger partial charge in [-0.15, -0.1) is 10.2 Å². The molecule has 7 heteroatoms. The van der Waals surface area contributed by atoms with E-state index >= 15 is 0 Å². The van der Waals surface area contributed by atoms with E-state index in [2.05, 4.69) is 15.1 Å². The molecule has 0 atom stereocenters. The van der Waals surface area contributed by atoms with Gasteiger partial charge in [-0.2, -0.15) is 0 Å². The van der Waals surface area contributed by atoms with E-state index in [9.17, 15) is 9.59 Å². The first kappa shape index (κ1) is 18.6. The molecule has 0 N–H and O–H groups in total. The number of hydrogen-bond donors (Lipinski definition) is 0. The van der Waals surface area contributed by atoms with E-state index in [4.69, 9.17) is 4.74 Å². The fourth-order valence-corrected chi connectivity index (χ4v) is 3.86. The molecule has 0 spiro atoms. The minimum Gasteiger partial charge on any atom is -0.451 e. The van der Waals surface area contributed by atoms with Gasteiger partial charge >= 0.3 is 5.97 Å². The molecule has 2 heterocycles. The van der Waals surface area contributed by atoms with Crippen LogP contribution in [0.1, 0.15) is 62.4 Å². The van der Waals surface area contributed by atoms with Crippen molar-refractivity contribution in [3.8, 4) is 0 Å². The molecule has 0 bridgehead atoms. The molecular formula is C19H28N4O3. The van der Waals surface area contributed by atoms with Gasteiger partial charge in [-0.05, 0) is 44.7 Å². The minimum absolute atomic E-state index is 0.130. The standard InChI is InChI=1S/C19H28N4O3/c1-2-23(15-8-4-3-5-9-15)18(24)14-26-19(25)16-10-11-17(21-20-16)22-12-6-7-13-22/h10-11,15H,2-9,12-14H2,1H3. The molecule has 142 valence electrons. The zero-order valence-electron chi connectivity index (χ0n) is 15.5. The number of nitrogens with zero attached hydrogens (tertiary/aromatic N) is 4. The molecule has 2 aliphatic rings. The van der Waals surface area contributed by atoms with Crippen LogP contribution in [-0.2, 0) is 9.53 Å². The van der Waals surface area contributed by atoms with Crippen LogP contribution in [-0.4, -0.2) is 59.3 Å². The van der Waals surface area contributed by atoms with Gasteiger partial charge in [-0.25, -0.2) is 4.79 Å². The summed E-state index contributed by atoms with van der Waals surface area (Å²) in [5, 5.41) is 8.08. The number of esters is 1. The molecule has 7 nitrogen and oxygen atoms in total. The molecule has 1 aromatic rings. The van der Waals surface area contributed by atoms with Crippen molar-refractivity contribution in [2.45, 2.75) is 57.9 Å². The summed E-state index contributed by atoms with van der Waals surface area (Å²) in [4.78, 5) is 28.6. The number of rotatable bonds is 6. The molecule has 1 aliphatic heterocycles. The Balaban J connectivity index is 1.51. The second kappa shape index (κ2) is 8.96. The zero-order valence-corrected chi connectivity index (χ0v) is 15.5. The van der Waals surface area contributed by atoms with Crippen molar-refractivity contribution in [1.82, 2.24) is 15.1 Å². The van der Waals surface area contributed by atoms with Crippen molar-refractivity contribution in [3.05, 3.63) is 17.8 Å². The summed E-state index contributed by atoms with van der Waals surface area (Å²) in [6, 6.07) is 3.68. The number of ether oxygens (including phenoxy) is 1. The predicted molar refractivity (Wildman–Crippen MR) is 98.0 cm³/mol. The van der Waals surface area contributed by atoms with Gasteiger partial charge in [-0.1, -0.05) is 19.3 Å². The second-order valence-electron chi connectivity index (χ2n) is 7.02. The Hall–Kier alpha value is -2.18. The van der Waals surface area contributed by atoms with Gasteiger partial charge < -0.3 is 14.5 Å².